The van der Waals surface area contributed by atoms with E-state index in [1.165, 1.54) is 12.1 Å². The smallest absolute Gasteiger partial charge is 0.276 e. The molecule has 0 amide bonds. The van der Waals surface area contributed by atoms with Gasteiger partial charge in [-0.2, -0.15) is 0 Å². The van der Waals surface area contributed by atoms with Crippen molar-refractivity contribution in [2.45, 2.75) is 13.0 Å². The zero-order chi connectivity index (χ0) is 12.1. The summed E-state index contributed by atoms with van der Waals surface area (Å²) >= 11 is 0. The Hall–Kier alpha value is -1.89. The van der Waals surface area contributed by atoms with Crippen molar-refractivity contribution in [1.82, 2.24) is 4.98 Å². The zero-order valence-corrected chi connectivity index (χ0v) is 9.10. The maximum atomic E-state index is 10.6. The molecular weight excluding hydrogens is 212 g/mol. The molecule has 0 saturated heterocycles. The number of nitro groups is 1. The van der Waals surface area contributed by atoms with Crippen LogP contribution in [0.2, 0.25) is 0 Å². The molecule has 0 saturated carbocycles. The fraction of sp³-hybridized carbons (Fsp3) is 0.444. The van der Waals surface area contributed by atoms with Gasteiger partial charge in [0.25, 0.3) is 5.69 Å². The first kappa shape index (κ1) is 12.2. The van der Waals surface area contributed by atoms with Crippen LogP contribution in [-0.4, -0.2) is 34.7 Å². The van der Waals surface area contributed by atoms with Crippen molar-refractivity contribution in [3.63, 3.8) is 0 Å². The molecule has 1 atom stereocenters. The lowest BCUT2D eigenvalue weighted by Gasteiger charge is -2.12. The van der Waals surface area contributed by atoms with Gasteiger partial charge in [-0.1, -0.05) is 0 Å². The Morgan fingerprint density at radius 3 is 2.69 bits per heavy atom. The molecule has 0 aromatic carbocycles. The molecule has 1 aromatic rings. The number of anilines is 2. The van der Waals surface area contributed by atoms with Crippen LogP contribution in [-0.2, 0) is 0 Å². The van der Waals surface area contributed by atoms with Crippen molar-refractivity contribution in [1.29, 1.82) is 0 Å². The summed E-state index contributed by atoms with van der Waals surface area (Å²) in [6.45, 7) is 1.68. The van der Waals surface area contributed by atoms with Crippen LogP contribution < -0.4 is 10.6 Å². The topological polar surface area (TPSA) is 100 Å². The van der Waals surface area contributed by atoms with Gasteiger partial charge >= 0.3 is 0 Å². The highest BCUT2D eigenvalue weighted by Gasteiger charge is 2.11. The van der Waals surface area contributed by atoms with E-state index in [1.54, 1.807) is 14.0 Å². The molecule has 1 aromatic heterocycles. The second-order valence-corrected chi connectivity index (χ2v) is 3.33. The van der Waals surface area contributed by atoms with Crippen LogP contribution in [0.3, 0.4) is 0 Å². The number of rotatable bonds is 5. The number of nitrogens with one attached hydrogen (secondary N) is 2. The number of aliphatic hydroxyl groups excluding tert-OH is 1. The fourth-order valence-corrected chi connectivity index (χ4v) is 1.12. The molecule has 0 bridgehead atoms. The molecule has 7 nitrogen and oxygen atoms in total. The average Bonchev–Trinajstić information content (AvgIpc) is 2.28. The van der Waals surface area contributed by atoms with Gasteiger partial charge in [0.05, 0.1) is 23.7 Å². The molecule has 1 unspecified atom stereocenters. The molecule has 0 aliphatic heterocycles. The lowest BCUT2D eigenvalue weighted by Crippen LogP contribution is -2.20. The van der Waals surface area contributed by atoms with Crippen molar-refractivity contribution < 1.29 is 10.0 Å². The third-order valence-electron chi connectivity index (χ3n) is 1.95. The summed E-state index contributed by atoms with van der Waals surface area (Å²) in [4.78, 5) is 14.2. The van der Waals surface area contributed by atoms with Crippen LogP contribution in [0.1, 0.15) is 6.92 Å². The molecule has 0 aliphatic carbocycles. The molecule has 0 fully saturated rings. The minimum atomic E-state index is -0.489. The van der Waals surface area contributed by atoms with Gasteiger partial charge in [0.1, 0.15) is 11.6 Å². The highest BCUT2D eigenvalue weighted by Crippen LogP contribution is 2.20. The summed E-state index contributed by atoms with van der Waals surface area (Å²) in [5.74, 6) is 0.766. The molecule has 1 rings (SSSR count). The average molecular weight is 226 g/mol. The van der Waals surface area contributed by atoms with E-state index in [9.17, 15) is 10.1 Å². The summed E-state index contributed by atoms with van der Waals surface area (Å²) in [5, 5.41) is 25.1. The van der Waals surface area contributed by atoms with Gasteiger partial charge in [-0.25, -0.2) is 4.98 Å². The summed E-state index contributed by atoms with van der Waals surface area (Å²) in [6.07, 6.45) is 0. The summed E-state index contributed by atoms with van der Waals surface area (Å²) in [6, 6.07) is 2.46. The molecule has 0 spiro atoms. The zero-order valence-electron chi connectivity index (χ0n) is 9.10. The molecule has 88 valence electrons. The number of nitrogens with zero attached hydrogens (tertiary/aromatic N) is 2. The quantitative estimate of drug-likeness (QED) is 0.507. The van der Waals surface area contributed by atoms with E-state index in [4.69, 9.17) is 5.11 Å². The van der Waals surface area contributed by atoms with E-state index < -0.39 is 4.92 Å². The van der Waals surface area contributed by atoms with E-state index in [1.807, 2.05) is 0 Å². The largest absolute Gasteiger partial charge is 0.394 e. The van der Waals surface area contributed by atoms with Gasteiger partial charge in [-0.15, -0.1) is 0 Å². The third-order valence-corrected chi connectivity index (χ3v) is 1.95. The fourth-order valence-electron chi connectivity index (χ4n) is 1.12. The first-order valence-electron chi connectivity index (χ1n) is 4.78. The van der Waals surface area contributed by atoms with Crippen molar-refractivity contribution in [3.05, 3.63) is 22.2 Å². The third kappa shape index (κ3) is 3.06. The number of hydrogen-bond donors (Lipinski definition) is 3. The first-order valence-corrected chi connectivity index (χ1v) is 4.78. The highest BCUT2D eigenvalue weighted by atomic mass is 16.6. The molecule has 7 heteroatoms. The Balaban J connectivity index is 2.99. The SMILES string of the molecule is CNc1cc([N+](=O)[O-])cc(NC(C)CO)n1. The van der Waals surface area contributed by atoms with E-state index >= 15 is 0 Å². The van der Waals surface area contributed by atoms with Crippen molar-refractivity contribution in [2.75, 3.05) is 24.3 Å². The summed E-state index contributed by atoms with van der Waals surface area (Å²) in [5.41, 5.74) is -0.0491. The first-order chi connectivity index (χ1) is 7.56. The van der Waals surface area contributed by atoms with Crippen molar-refractivity contribution in [2.24, 2.45) is 0 Å². The monoisotopic (exact) mass is 226 g/mol. The Labute approximate surface area is 92.7 Å². The van der Waals surface area contributed by atoms with Crippen molar-refractivity contribution in [3.8, 4) is 0 Å². The predicted molar refractivity (Wildman–Crippen MR) is 60.6 cm³/mol. The molecule has 16 heavy (non-hydrogen) atoms. The van der Waals surface area contributed by atoms with Gasteiger partial charge in [0, 0.05) is 13.1 Å². The van der Waals surface area contributed by atoms with Gasteiger partial charge in [0.2, 0.25) is 0 Å². The molecule has 0 radical (unpaired) electrons. The predicted octanol–water partition coefficient (Wildman–Crippen LogP) is 0.824. The van der Waals surface area contributed by atoms with Crippen LogP contribution in [0, 0.1) is 10.1 Å². The Morgan fingerprint density at radius 1 is 1.56 bits per heavy atom. The van der Waals surface area contributed by atoms with Gasteiger partial charge < -0.3 is 15.7 Å². The Kier molecular flexibility index (Phi) is 4.01. The lowest BCUT2D eigenvalue weighted by atomic mass is 10.3. The molecule has 0 aliphatic rings. The van der Waals surface area contributed by atoms with Crippen LogP contribution in [0.5, 0.6) is 0 Å². The van der Waals surface area contributed by atoms with Gasteiger partial charge in [0.15, 0.2) is 0 Å². The second kappa shape index (κ2) is 5.26. The Bertz CT molecular complexity index is 383. The number of hydrogen-bond acceptors (Lipinski definition) is 6. The molecular formula is C9H14N4O3. The van der Waals surface area contributed by atoms with E-state index in [0.29, 0.717) is 11.6 Å². The molecule has 3 N–H and O–H groups in total. The van der Waals surface area contributed by atoms with Gasteiger partial charge in [-0.3, -0.25) is 10.1 Å². The van der Waals surface area contributed by atoms with Crippen molar-refractivity contribution >= 4 is 17.3 Å². The standard InChI is InChI=1S/C9H14N4O3/c1-6(5-14)11-9-4-7(13(15)16)3-8(10-2)12-9/h3-4,6,14H,5H2,1-2H3,(H2,10,11,12). The number of pyridine rings is 1. The highest BCUT2D eigenvalue weighted by molar-refractivity contribution is 5.54. The normalized spacial score (nSPS) is 11.9. The Morgan fingerprint density at radius 2 is 2.19 bits per heavy atom. The van der Waals surface area contributed by atoms with E-state index in [0.717, 1.165) is 0 Å². The minimum absolute atomic E-state index is 0.0491. The van der Waals surface area contributed by atoms with Gasteiger partial charge in [-0.05, 0) is 6.92 Å². The van der Waals surface area contributed by atoms with E-state index in [-0.39, 0.29) is 18.3 Å². The van der Waals surface area contributed by atoms with Crippen LogP contribution in [0.15, 0.2) is 12.1 Å². The van der Waals surface area contributed by atoms with Crippen LogP contribution >= 0.6 is 0 Å². The maximum absolute atomic E-state index is 10.6. The summed E-state index contributed by atoms with van der Waals surface area (Å²) < 4.78 is 0. The lowest BCUT2D eigenvalue weighted by molar-refractivity contribution is -0.384. The summed E-state index contributed by atoms with van der Waals surface area (Å²) in [7, 11) is 1.63. The number of aliphatic hydroxyl groups is 1. The minimum Gasteiger partial charge on any atom is -0.394 e. The molecule has 1 heterocycles. The van der Waals surface area contributed by atoms with E-state index in [2.05, 4.69) is 15.6 Å². The van der Waals surface area contributed by atoms with Crippen LogP contribution in [0.25, 0.3) is 0 Å². The van der Waals surface area contributed by atoms with Crippen LogP contribution in [0.4, 0.5) is 17.3 Å². The maximum Gasteiger partial charge on any atom is 0.276 e. The second-order valence-electron chi connectivity index (χ2n) is 3.33. The number of aromatic nitrogens is 1.